The molecular formula is C22H26N4O6S. The van der Waals surface area contributed by atoms with Crippen molar-refractivity contribution >= 4 is 27.8 Å². The standard InChI is InChI=1S/C22H26N4O6S/c1-16(27)26-12-11-25(33(30,31)18-8-4-3-5-9-18)15-20(26)21(28)24-19(22(29)32-2)13-17-7-6-10-23-14-17/h3-10,14,19-20H,11-13,15H2,1-2H3,(H,24,28)/t19-,20-/m1/s1. The van der Waals surface area contributed by atoms with Crippen LogP contribution in [0.3, 0.4) is 0 Å². The van der Waals surface area contributed by atoms with Gasteiger partial charge in [-0.05, 0) is 23.8 Å². The van der Waals surface area contributed by atoms with Gasteiger partial charge >= 0.3 is 5.97 Å². The number of rotatable bonds is 7. The topological polar surface area (TPSA) is 126 Å². The second-order valence-corrected chi connectivity index (χ2v) is 9.49. The molecule has 3 rings (SSSR count). The predicted molar refractivity (Wildman–Crippen MR) is 118 cm³/mol. The summed E-state index contributed by atoms with van der Waals surface area (Å²) in [6.07, 6.45) is 3.29. The molecule has 2 amide bonds. The third kappa shape index (κ3) is 5.74. The highest BCUT2D eigenvalue weighted by Gasteiger charge is 2.40. The first-order valence-electron chi connectivity index (χ1n) is 10.3. The molecule has 0 unspecified atom stereocenters. The molecule has 1 aromatic heterocycles. The largest absolute Gasteiger partial charge is 0.467 e. The van der Waals surface area contributed by atoms with Crippen LogP contribution in [-0.2, 0) is 35.6 Å². The van der Waals surface area contributed by atoms with Crippen LogP contribution in [0.4, 0.5) is 0 Å². The Morgan fingerprint density at radius 1 is 1.15 bits per heavy atom. The number of sulfonamides is 1. The van der Waals surface area contributed by atoms with Crippen LogP contribution in [0.25, 0.3) is 0 Å². The summed E-state index contributed by atoms with van der Waals surface area (Å²) < 4.78 is 32.1. The number of benzene rings is 1. The van der Waals surface area contributed by atoms with E-state index in [0.717, 1.165) is 0 Å². The minimum atomic E-state index is -3.86. The van der Waals surface area contributed by atoms with Gasteiger partial charge in [0, 0.05) is 45.4 Å². The molecule has 0 aliphatic carbocycles. The Balaban J connectivity index is 1.82. The predicted octanol–water partition coefficient (Wildman–Crippen LogP) is 0.204. The summed E-state index contributed by atoms with van der Waals surface area (Å²) in [6, 6.07) is 9.22. The van der Waals surface area contributed by atoms with Gasteiger partial charge in [-0.3, -0.25) is 14.6 Å². The van der Waals surface area contributed by atoms with Crippen molar-refractivity contribution in [1.29, 1.82) is 0 Å². The molecule has 2 atom stereocenters. The van der Waals surface area contributed by atoms with Gasteiger partial charge in [0.1, 0.15) is 12.1 Å². The molecule has 1 aliphatic rings. The summed E-state index contributed by atoms with van der Waals surface area (Å²) in [5.41, 5.74) is 0.702. The number of hydrogen-bond acceptors (Lipinski definition) is 7. The molecule has 0 spiro atoms. The van der Waals surface area contributed by atoms with Crippen LogP contribution in [0.1, 0.15) is 12.5 Å². The first-order valence-corrected chi connectivity index (χ1v) is 11.8. The van der Waals surface area contributed by atoms with Crippen molar-refractivity contribution in [3.63, 3.8) is 0 Å². The van der Waals surface area contributed by atoms with Gasteiger partial charge in [0.25, 0.3) is 0 Å². The van der Waals surface area contributed by atoms with E-state index in [1.807, 2.05) is 0 Å². The Labute approximate surface area is 192 Å². The van der Waals surface area contributed by atoms with E-state index < -0.39 is 34.0 Å². The zero-order valence-electron chi connectivity index (χ0n) is 18.4. The Morgan fingerprint density at radius 3 is 2.48 bits per heavy atom. The number of esters is 1. The number of carbonyl (C=O) groups excluding carboxylic acids is 3. The molecule has 176 valence electrons. The van der Waals surface area contributed by atoms with Gasteiger partial charge in [-0.25, -0.2) is 13.2 Å². The van der Waals surface area contributed by atoms with Crippen LogP contribution in [0.5, 0.6) is 0 Å². The van der Waals surface area contributed by atoms with Gasteiger partial charge < -0.3 is 15.0 Å². The Morgan fingerprint density at radius 2 is 1.88 bits per heavy atom. The first-order chi connectivity index (χ1) is 15.7. The van der Waals surface area contributed by atoms with E-state index in [0.29, 0.717) is 5.56 Å². The fourth-order valence-corrected chi connectivity index (χ4v) is 5.14. The quantitative estimate of drug-likeness (QED) is 0.568. The number of amides is 2. The smallest absolute Gasteiger partial charge is 0.328 e. The number of aromatic nitrogens is 1. The van der Waals surface area contributed by atoms with Gasteiger partial charge in [0.2, 0.25) is 21.8 Å². The molecule has 10 nitrogen and oxygen atoms in total. The van der Waals surface area contributed by atoms with Crippen molar-refractivity contribution in [2.75, 3.05) is 26.7 Å². The van der Waals surface area contributed by atoms with Crippen LogP contribution in [0, 0.1) is 0 Å². The van der Waals surface area contributed by atoms with E-state index in [1.54, 1.807) is 42.7 Å². The van der Waals surface area contributed by atoms with Gasteiger partial charge in [-0.2, -0.15) is 4.31 Å². The molecular weight excluding hydrogens is 448 g/mol. The maximum atomic E-state index is 13.2. The second-order valence-electron chi connectivity index (χ2n) is 7.55. The zero-order chi connectivity index (χ0) is 24.0. The average Bonchev–Trinajstić information content (AvgIpc) is 2.83. The minimum absolute atomic E-state index is 0.0466. The van der Waals surface area contributed by atoms with Crippen molar-refractivity contribution in [1.82, 2.24) is 19.5 Å². The van der Waals surface area contributed by atoms with Gasteiger partial charge in [-0.1, -0.05) is 24.3 Å². The molecule has 2 heterocycles. The molecule has 1 aliphatic heterocycles. The SMILES string of the molecule is COC(=O)[C@@H](Cc1cccnc1)NC(=O)[C@H]1CN(S(=O)(=O)c2ccccc2)CCN1C(C)=O. The van der Waals surface area contributed by atoms with E-state index in [1.165, 1.54) is 35.4 Å². The lowest BCUT2D eigenvalue weighted by Gasteiger charge is -2.39. The first kappa shape index (κ1) is 24.3. The van der Waals surface area contributed by atoms with E-state index >= 15 is 0 Å². The molecule has 0 radical (unpaired) electrons. The highest BCUT2D eigenvalue weighted by molar-refractivity contribution is 7.89. The Hall–Kier alpha value is -3.31. The highest BCUT2D eigenvalue weighted by Crippen LogP contribution is 2.20. The normalized spacial score (nSPS) is 17.8. The van der Waals surface area contributed by atoms with E-state index in [9.17, 15) is 22.8 Å². The van der Waals surface area contributed by atoms with Crippen molar-refractivity contribution in [2.24, 2.45) is 0 Å². The monoisotopic (exact) mass is 474 g/mol. The fourth-order valence-electron chi connectivity index (χ4n) is 3.68. The molecule has 0 bridgehead atoms. The molecule has 1 fully saturated rings. The maximum absolute atomic E-state index is 13.2. The zero-order valence-corrected chi connectivity index (χ0v) is 19.2. The number of carbonyl (C=O) groups is 3. The summed E-state index contributed by atoms with van der Waals surface area (Å²) in [4.78, 5) is 43.1. The second kappa shape index (κ2) is 10.5. The van der Waals surface area contributed by atoms with Crippen LogP contribution in [-0.4, -0.2) is 79.2 Å². The summed E-state index contributed by atoms with van der Waals surface area (Å²) >= 11 is 0. The maximum Gasteiger partial charge on any atom is 0.328 e. The van der Waals surface area contributed by atoms with Gasteiger partial charge in [0.15, 0.2) is 0 Å². The van der Waals surface area contributed by atoms with Crippen LogP contribution < -0.4 is 5.32 Å². The summed E-state index contributed by atoms with van der Waals surface area (Å²) in [7, 11) is -2.65. The molecule has 1 aromatic carbocycles. The van der Waals surface area contributed by atoms with E-state index in [-0.39, 0.29) is 36.9 Å². The van der Waals surface area contributed by atoms with Crippen LogP contribution in [0.15, 0.2) is 59.8 Å². The van der Waals surface area contributed by atoms with Crippen molar-refractivity contribution in [3.05, 3.63) is 60.4 Å². The van der Waals surface area contributed by atoms with Crippen molar-refractivity contribution in [3.8, 4) is 0 Å². The van der Waals surface area contributed by atoms with Gasteiger partial charge in [0.05, 0.1) is 12.0 Å². The molecule has 1 saturated heterocycles. The molecule has 11 heteroatoms. The van der Waals surface area contributed by atoms with E-state index in [4.69, 9.17) is 4.74 Å². The minimum Gasteiger partial charge on any atom is -0.467 e. The van der Waals surface area contributed by atoms with Gasteiger partial charge in [-0.15, -0.1) is 0 Å². The molecule has 0 saturated carbocycles. The summed E-state index contributed by atoms with van der Waals surface area (Å²) in [5, 5.41) is 2.63. The number of ether oxygens (including phenoxy) is 1. The Kier molecular flexibility index (Phi) is 7.77. The van der Waals surface area contributed by atoms with E-state index in [2.05, 4.69) is 10.3 Å². The average molecular weight is 475 g/mol. The van der Waals surface area contributed by atoms with Crippen molar-refractivity contribution in [2.45, 2.75) is 30.3 Å². The lowest BCUT2D eigenvalue weighted by Crippen LogP contribution is -2.62. The van der Waals surface area contributed by atoms with Crippen LogP contribution in [0.2, 0.25) is 0 Å². The third-order valence-electron chi connectivity index (χ3n) is 5.40. The number of pyridine rings is 1. The van der Waals surface area contributed by atoms with Crippen LogP contribution >= 0.6 is 0 Å². The molecule has 33 heavy (non-hydrogen) atoms. The Bertz CT molecular complexity index is 1090. The molecule has 1 N–H and O–H groups in total. The number of nitrogens with zero attached hydrogens (tertiary/aromatic N) is 3. The number of hydrogen-bond donors (Lipinski definition) is 1. The molecule has 2 aromatic rings. The number of methoxy groups -OCH3 is 1. The highest BCUT2D eigenvalue weighted by atomic mass is 32.2. The summed E-state index contributed by atoms with van der Waals surface area (Å²) in [6.45, 7) is 1.18. The lowest BCUT2D eigenvalue weighted by atomic mass is 10.1. The van der Waals surface area contributed by atoms with Crippen molar-refractivity contribution < 1.29 is 27.5 Å². The summed E-state index contributed by atoms with van der Waals surface area (Å²) in [5.74, 6) is -1.67. The third-order valence-corrected chi connectivity index (χ3v) is 7.28. The number of piperazine rings is 1. The lowest BCUT2D eigenvalue weighted by molar-refractivity contribution is -0.147. The number of nitrogens with one attached hydrogen (secondary N) is 1. The fraction of sp³-hybridized carbons (Fsp3) is 0.364.